The van der Waals surface area contributed by atoms with E-state index in [0.717, 1.165) is 0 Å². The second kappa shape index (κ2) is 4.50. The van der Waals surface area contributed by atoms with Crippen molar-refractivity contribution >= 4 is 12.6 Å². The summed E-state index contributed by atoms with van der Waals surface area (Å²) in [5.74, 6) is 0. The molecule has 0 heterocycles. The summed E-state index contributed by atoms with van der Waals surface area (Å²) in [5, 5.41) is 0. The van der Waals surface area contributed by atoms with E-state index >= 15 is 0 Å². The molecule has 1 rings (SSSR count). The van der Waals surface area contributed by atoms with E-state index in [0.29, 0.717) is 0 Å². The van der Waals surface area contributed by atoms with Gasteiger partial charge >= 0.3 is 18.5 Å². The van der Waals surface area contributed by atoms with Gasteiger partial charge in [-0.3, -0.25) is 0 Å². The van der Waals surface area contributed by atoms with Gasteiger partial charge in [-0.05, 0) is 12.1 Å². The van der Waals surface area contributed by atoms with Gasteiger partial charge < -0.3 is 0 Å². The van der Waals surface area contributed by atoms with Crippen molar-refractivity contribution in [2.24, 2.45) is 0 Å². The van der Waals surface area contributed by atoms with E-state index in [4.69, 9.17) is 0 Å². The lowest BCUT2D eigenvalue weighted by molar-refractivity contribution is -0.151. The lowest BCUT2D eigenvalue weighted by Gasteiger charge is -2.18. The number of hydrogen-bond acceptors (Lipinski definition) is 1. The molecule has 0 bridgehead atoms. The zero-order valence-corrected chi connectivity index (χ0v) is 9.40. The molecule has 0 aliphatic heterocycles. The normalized spacial score (nSPS) is 13.8. The summed E-state index contributed by atoms with van der Waals surface area (Å²) >= 11 is 3.03. The lowest BCUT2D eigenvalue weighted by atomic mass is 10.0. The fourth-order valence-electron chi connectivity index (χ4n) is 1.23. The van der Waals surface area contributed by atoms with Gasteiger partial charge in [-0.25, -0.2) is 0 Å². The topological polar surface area (TPSA) is 0 Å². The van der Waals surface area contributed by atoms with Crippen molar-refractivity contribution in [1.29, 1.82) is 0 Å². The van der Waals surface area contributed by atoms with Crippen molar-refractivity contribution in [2.75, 3.05) is 0 Å². The first kappa shape index (κ1) is 16.0. The predicted molar refractivity (Wildman–Crippen MR) is 48.7 cm³/mol. The Kier molecular flexibility index (Phi) is 3.79. The maximum atomic E-state index is 12.4. The predicted octanol–water partition coefficient (Wildman–Crippen LogP) is 5.03. The van der Waals surface area contributed by atoms with Crippen molar-refractivity contribution < 1.29 is 39.5 Å². The molecule has 1 aromatic rings. The highest BCUT2D eigenvalue weighted by Gasteiger charge is 2.43. The third kappa shape index (κ3) is 3.48. The molecule has 10 heteroatoms. The van der Waals surface area contributed by atoms with Crippen molar-refractivity contribution in [1.82, 2.24) is 0 Å². The van der Waals surface area contributed by atoms with Crippen LogP contribution in [0.5, 0.6) is 0 Å². The Morgan fingerprint density at radius 2 is 0.947 bits per heavy atom. The van der Waals surface area contributed by atoms with Crippen molar-refractivity contribution in [3.05, 3.63) is 28.8 Å². The van der Waals surface area contributed by atoms with Crippen LogP contribution in [0.4, 0.5) is 39.5 Å². The summed E-state index contributed by atoms with van der Waals surface area (Å²) in [7, 11) is 0. The Hall–Kier alpha value is -1.06. The number of thiol groups is 1. The first-order chi connectivity index (χ1) is 8.24. The fraction of sp³-hybridized carbons (Fsp3) is 0.333. The van der Waals surface area contributed by atoms with Gasteiger partial charge in [0.25, 0.3) is 0 Å². The van der Waals surface area contributed by atoms with E-state index < -0.39 is 52.2 Å². The van der Waals surface area contributed by atoms with E-state index in [2.05, 4.69) is 12.6 Å². The van der Waals surface area contributed by atoms with E-state index in [1.54, 1.807) is 0 Å². The van der Waals surface area contributed by atoms with E-state index in [-0.39, 0.29) is 0 Å². The molecular formula is C9H3F9S. The summed E-state index contributed by atoms with van der Waals surface area (Å²) in [6, 6.07) is -0.810. The smallest absolute Gasteiger partial charge is 0.166 e. The molecule has 0 spiro atoms. The Morgan fingerprint density at radius 1 is 0.632 bits per heavy atom. The molecule has 0 atom stereocenters. The minimum absolute atomic E-state index is 0.405. The molecule has 0 N–H and O–H groups in total. The summed E-state index contributed by atoms with van der Waals surface area (Å²) in [4.78, 5) is -1.59. The molecule has 0 radical (unpaired) electrons. The van der Waals surface area contributed by atoms with Crippen LogP contribution < -0.4 is 0 Å². The van der Waals surface area contributed by atoms with E-state index in [9.17, 15) is 39.5 Å². The van der Waals surface area contributed by atoms with Gasteiger partial charge in [-0.2, -0.15) is 39.5 Å². The molecule has 0 saturated carbocycles. The SMILES string of the molecule is FC(F)(F)c1cc(C(F)(F)F)c(S)c(C(F)(F)F)c1. The zero-order chi connectivity index (χ0) is 15.2. The van der Waals surface area contributed by atoms with Gasteiger partial charge in [-0.15, -0.1) is 12.6 Å². The van der Waals surface area contributed by atoms with Crippen LogP contribution in [0, 0.1) is 0 Å². The van der Waals surface area contributed by atoms with Crippen LogP contribution in [-0.2, 0) is 18.5 Å². The molecule has 1 aromatic carbocycles. The summed E-state index contributed by atoms with van der Waals surface area (Å²) in [6.07, 6.45) is -16.1. The summed E-state index contributed by atoms with van der Waals surface area (Å²) in [5.41, 5.74) is -6.21. The zero-order valence-electron chi connectivity index (χ0n) is 8.50. The first-order valence-corrected chi connectivity index (χ1v) is 4.78. The lowest BCUT2D eigenvalue weighted by Crippen LogP contribution is -2.17. The maximum Gasteiger partial charge on any atom is 0.417 e. The van der Waals surface area contributed by atoms with Crippen LogP contribution >= 0.6 is 12.6 Å². The summed E-state index contributed by atoms with van der Waals surface area (Å²) < 4.78 is 111. The third-order valence-electron chi connectivity index (χ3n) is 2.05. The largest absolute Gasteiger partial charge is 0.417 e. The molecule has 108 valence electrons. The van der Waals surface area contributed by atoms with Gasteiger partial charge in [0, 0.05) is 4.90 Å². The Morgan fingerprint density at radius 3 is 1.16 bits per heavy atom. The highest BCUT2D eigenvalue weighted by atomic mass is 32.1. The van der Waals surface area contributed by atoms with Gasteiger partial charge in [0.2, 0.25) is 0 Å². The van der Waals surface area contributed by atoms with Crippen LogP contribution in [0.2, 0.25) is 0 Å². The Labute approximate surface area is 105 Å². The quantitative estimate of drug-likeness (QED) is 0.504. The molecule has 0 saturated heterocycles. The number of rotatable bonds is 0. The van der Waals surface area contributed by atoms with Crippen molar-refractivity contribution in [3.63, 3.8) is 0 Å². The van der Waals surface area contributed by atoms with Gasteiger partial charge in [0.05, 0.1) is 16.7 Å². The van der Waals surface area contributed by atoms with Crippen LogP contribution in [0.15, 0.2) is 17.0 Å². The van der Waals surface area contributed by atoms with Crippen LogP contribution in [-0.4, -0.2) is 0 Å². The van der Waals surface area contributed by atoms with Crippen LogP contribution in [0.3, 0.4) is 0 Å². The third-order valence-corrected chi connectivity index (χ3v) is 2.53. The maximum absolute atomic E-state index is 12.4. The minimum Gasteiger partial charge on any atom is -0.166 e. The van der Waals surface area contributed by atoms with E-state index in [1.165, 1.54) is 0 Å². The highest BCUT2D eigenvalue weighted by Crippen LogP contribution is 2.44. The molecule has 0 aliphatic carbocycles. The molecule has 19 heavy (non-hydrogen) atoms. The minimum atomic E-state index is -5.38. The number of hydrogen-bond donors (Lipinski definition) is 1. The molecule has 0 unspecified atom stereocenters. The van der Waals surface area contributed by atoms with Gasteiger partial charge in [0.15, 0.2) is 0 Å². The number of alkyl halides is 9. The molecule has 0 aliphatic rings. The first-order valence-electron chi connectivity index (χ1n) is 4.33. The number of halogens is 9. The Balaban J connectivity index is 3.68. The highest BCUT2D eigenvalue weighted by molar-refractivity contribution is 7.80. The van der Waals surface area contributed by atoms with Crippen molar-refractivity contribution in [3.8, 4) is 0 Å². The fourth-order valence-corrected chi connectivity index (χ4v) is 1.61. The average molecular weight is 314 g/mol. The Bertz CT molecular complexity index is 445. The molecule has 0 nitrogen and oxygen atoms in total. The van der Waals surface area contributed by atoms with Gasteiger partial charge in [0.1, 0.15) is 0 Å². The monoisotopic (exact) mass is 314 g/mol. The number of benzene rings is 1. The van der Waals surface area contributed by atoms with Gasteiger partial charge in [-0.1, -0.05) is 0 Å². The van der Waals surface area contributed by atoms with Crippen molar-refractivity contribution in [2.45, 2.75) is 23.4 Å². The second-order valence-corrected chi connectivity index (χ2v) is 3.86. The molecule has 0 aromatic heterocycles. The molecular weight excluding hydrogens is 311 g/mol. The van der Waals surface area contributed by atoms with Crippen LogP contribution in [0.1, 0.15) is 16.7 Å². The molecule has 0 fully saturated rings. The van der Waals surface area contributed by atoms with E-state index in [1.807, 2.05) is 0 Å². The average Bonchev–Trinajstić information content (AvgIpc) is 2.11. The molecule has 0 amide bonds. The second-order valence-electron chi connectivity index (χ2n) is 3.41. The summed E-state index contributed by atoms with van der Waals surface area (Å²) in [6.45, 7) is 0. The van der Waals surface area contributed by atoms with Crippen LogP contribution in [0.25, 0.3) is 0 Å². The standard InChI is InChI=1S/C9H3F9S/c10-7(11,12)3-1-4(8(13,14)15)6(19)5(2-3)9(16,17)18/h1-2,19H.